The Bertz CT molecular complexity index is 1170. The highest BCUT2D eigenvalue weighted by Gasteiger charge is 2.54. The van der Waals surface area contributed by atoms with Crippen LogP contribution in [-0.4, -0.2) is 38.7 Å². The van der Waals surface area contributed by atoms with Gasteiger partial charge in [0.2, 0.25) is 21.7 Å². The molecule has 2 bridgehead atoms. The standard InChI is InChI=1S/C21H25N5O3S/c1-13(2)25-12-18(14(3)23-25)30(27,28)26-17-10-9-16(11-17)19(26)21-22-20(24-29-21)15-7-5-4-6-8-15/h4-8,12-13,16-17,19H,9-11H2,1-3H3/t16-,17-,19+/m1/s1. The van der Waals surface area contributed by atoms with Gasteiger partial charge in [0.25, 0.3) is 0 Å². The van der Waals surface area contributed by atoms with Crippen LogP contribution in [0.5, 0.6) is 0 Å². The number of benzene rings is 1. The van der Waals surface area contributed by atoms with Gasteiger partial charge in [-0.05, 0) is 46.0 Å². The molecule has 0 radical (unpaired) electrons. The third-order valence-corrected chi connectivity index (χ3v) is 8.25. The number of fused-ring (bicyclic) bond motifs is 2. The minimum Gasteiger partial charge on any atom is -0.337 e. The highest BCUT2D eigenvalue weighted by atomic mass is 32.2. The quantitative estimate of drug-likeness (QED) is 0.616. The molecule has 8 nitrogen and oxygen atoms in total. The summed E-state index contributed by atoms with van der Waals surface area (Å²) < 4.78 is 36.4. The molecule has 0 N–H and O–H groups in total. The van der Waals surface area contributed by atoms with E-state index < -0.39 is 16.1 Å². The van der Waals surface area contributed by atoms with Gasteiger partial charge < -0.3 is 4.52 Å². The zero-order valence-corrected chi connectivity index (χ0v) is 18.1. The Kier molecular flexibility index (Phi) is 4.55. The fourth-order valence-corrected chi connectivity index (χ4v) is 6.78. The Morgan fingerprint density at radius 2 is 1.93 bits per heavy atom. The van der Waals surface area contributed by atoms with Crippen LogP contribution in [0.25, 0.3) is 11.4 Å². The molecular formula is C21H25N5O3S. The number of aryl methyl sites for hydroxylation is 1. The Hall–Kier alpha value is -2.52. The number of hydrogen-bond acceptors (Lipinski definition) is 6. The van der Waals surface area contributed by atoms with Crippen molar-refractivity contribution in [3.63, 3.8) is 0 Å². The van der Waals surface area contributed by atoms with Crippen molar-refractivity contribution in [3.8, 4) is 11.4 Å². The first-order valence-electron chi connectivity index (χ1n) is 10.3. The number of aromatic nitrogens is 4. The van der Waals surface area contributed by atoms with E-state index in [2.05, 4.69) is 15.2 Å². The van der Waals surface area contributed by atoms with Crippen molar-refractivity contribution in [1.29, 1.82) is 0 Å². The van der Waals surface area contributed by atoms with Crippen LogP contribution in [0.3, 0.4) is 0 Å². The smallest absolute Gasteiger partial charge is 0.247 e. The van der Waals surface area contributed by atoms with Gasteiger partial charge in [-0.1, -0.05) is 35.5 Å². The normalized spacial score (nSPS) is 24.2. The summed E-state index contributed by atoms with van der Waals surface area (Å²) in [7, 11) is -3.74. The molecule has 2 fully saturated rings. The molecule has 5 rings (SSSR count). The van der Waals surface area contributed by atoms with Crippen LogP contribution in [0, 0.1) is 12.8 Å². The van der Waals surface area contributed by atoms with Gasteiger partial charge in [-0.15, -0.1) is 0 Å². The maximum Gasteiger partial charge on any atom is 0.247 e. The molecule has 3 heterocycles. The molecule has 9 heteroatoms. The molecule has 1 aliphatic heterocycles. The Labute approximate surface area is 175 Å². The van der Waals surface area contributed by atoms with Crippen LogP contribution in [0.4, 0.5) is 0 Å². The molecular weight excluding hydrogens is 402 g/mol. The fraction of sp³-hybridized carbons (Fsp3) is 0.476. The third-order valence-electron chi connectivity index (χ3n) is 6.21. The predicted molar refractivity (Wildman–Crippen MR) is 110 cm³/mol. The fourth-order valence-electron chi connectivity index (χ4n) is 4.76. The third kappa shape index (κ3) is 2.99. The summed E-state index contributed by atoms with van der Waals surface area (Å²) in [5.74, 6) is 1.04. The van der Waals surface area contributed by atoms with Crippen molar-refractivity contribution in [3.05, 3.63) is 48.1 Å². The van der Waals surface area contributed by atoms with Crippen LogP contribution in [0.15, 0.2) is 45.9 Å². The first-order valence-corrected chi connectivity index (χ1v) is 11.8. The van der Waals surface area contributed by atoms with Crippen molar-refractivity contribution >= 4 is 10.0 Å². The Balaban J connectivity index is 1.54. The van der Waals surface area contributed by atoms with Crippen LogP contribution in [0.2, 0.25) is 0 Å². The summed E-state index contributed by atoms with van der Waals surface area (Å²) >= 11 is 0. The summed E-state index contributed by atoms with van der Waals surface area (Å²) in [6.45, 7) is 5.70. The van der Waals surface area contributed by atoms with Crippen molar-refractivity contribution in [2.75, 3.05) is 0 Å². The molecule has 0 amide bonds. The first kappa shape index (κ1) is 19.4. The minimum atomic E-state index is -3.74. The van der Waals surface area contributed by atoms with Gasteiger partial charge in [0.1, 0.15) is 10.9 Å². The molecule has 30 heavy (non-hydrogen) atoms. The van der Waals surface area contributed by atoms with Crippen LogP contribution in [-0.2, 0) is 10.0 Å². The van der Waals surface area contributed by atoms with E-state index in [9.17, 15) is 8.42 Å². The van der Waals surface area contributed by atoms with E-state index in [1.165, 1.54) is 0 Å². The number of piperidine rings is 1. The first-order chi connectivity index (χ1) is 14.4. The molecule has 3 aromatic rings. The molecule has 1 aliphatic carbocycles. The summed E-state index contributed by atoms with van der Waals surface area (Å²) in [6, 6.07) is 9.18. The Morgan fingerprint density at radius 1 is 1.17 bits per heavy atom. The molecule has 3 atom stereocenters. The van der Waals surface area contributed by atoms with Crippen LogP contribution >= 0.6 is 0 Å². The van der Waals surface area contributed by atoms with Crippen molar-refractivity contribution in [2.24, 2.45) is 5.92 Å². The second-order valence-corrected chi connectivity index (χ2v) is 10.3. The maximum absolute atomic E-state index is 13.7. The van der Waals surface area contributed by atoms with E-state index in [0.717, 1.165) is 24.8 Å². The average molecular weight is 428 g/mol. The molecule has 2 aromatic heterocycles. The highest BCUT2D eigenvalue weighted by molar-refractivity contribution is 7.89. The van der Waals surface area contributed by atoms with E-state index in [-0.39, 0.29) is 22.9 Å². The summed E-state index contributed by atoms with van der Waals surface area (Å²) in [5, 5.41) is 8.54. The minimum absolute atomic E-state index is 0.0427. The molecule has 0 spiro atoms. The molecule has 158 valence electrons. The van der Waals surface area contributed by atoms with Crippen molar-refractivity contribution in [2.45, 2.75) is 63.1 Å². The van der Waals surface area contributed by atoms with Crippen molar-refractivity contribution in [1.82, 2.24) is 24.2 Å². The largest absolute Gasteiger partial charge is 0.337 e. The number of hydrogen-bond donors (Lipinski definition) is 0. The summed E-state index contributed by atoms with van der Waals surface area (Å²) in [4.78, 5) is 4.85. The second kappa shape index (κ2) is 7.02. The molecule has 1 aromatic carbocycles. The molecule has 0 unspecified atom stereocenters. The van der Waals surface area contributed by atoms with Crippen molar-refractivity contribution < 1.29 is 12.9 Å². The second-order valence-electron chi connectivity index (χ2n) is 8.48. The van der Waals surface area contributed by atoms with E-state index in [1.807, 2.05) is 44.2 Å². The lowest BCUT2D eigenvalue weighted by Gasteiger charge is -2.31. The lowest BCUT2D eigenvalue weighted by atomic mass is 10.00. The van der Waals surface area contributed by atoms with Gasteiger partial charge in [0, 0.05) is 23.8 Å². The van der Waals surface area contributed by atoms with E-state index in [1.54, 1.807) is 22.1 Å². The zero-order valence-electron chi connectivity index (χ0n) is 17.3. The summed E-state index contributed by atoms with van der Waals surface area (Å²) in [6.07, 6.45) is 4.29. The predicted octanol–water partition coefficient (Wildman–Crippen LogP) is 3.74. The van der Waals surface area contributed by atoms with E-state index >= 15 is 0 Å². The lowest BCUT2D eigenvalue weighted by Crippen LogP contribution is -2.40. The monoisotopic (exact) mass is 427 g/mol. The lowest BCUT2D eigenvalue weighted by molar-refractivity contribution is 0.197. The van der Waals surface area contributed by atoms with Gasteiger partial charge in [-0.2, -0.15) is 14.4 Å². The average Bonchev–Trinajstić information content (AvgIpc) is 3.50. The Morgan fingerprint density at radius 3 is 2.63 bits per heavy atom. The van der Waals surface area contributed by atoms with E-state index in [4.69, 9.17) is 4.52 Å². The maximum atomic E-state index is 13.7. The number of rotatable bonds is 5. The van der Waals surface area contributed by atoms with Gasteiger partial charge in [-0.25, -0.2) is 8.42 Å². The van der Waals surface area contributed by atoms with Crippen LogP contribution in [0.1, 0.15) is 56.8 Å². The van der Waals surface area contributed by atoms with Gasteiger partial charge >= 0.3 is 0 Å². The molecule has 1 saturated heterocycles. The van der Waals surface area contributed by atoms with Crippen LogP contribution < -0.4 is 0 Å². The molecule has 2 aliphatic rings. The number of nitrogens with zero attached hydrogens (tertiary/aromatic N) is 5. The summed E-state index contributed by atoms with van der Waals surface area (Å²) in [5.41, 5.74) is 1.36. The van der Waals surface area contributed by atoms with Gasteiger partial charge in [-0.3, -0.25) is 4.68 Å². The topological polar surface area (TPSA) is 94.1 Å². The van der Waals surface area contributed by atoms with Gasteiger partial charge in [0.05, 0.1) is 5.69 Å². The number of sulfonamides is 1. The SMILES string of the molecule is Cc1nn(C(C)C)cc1S(=O)(=O)N1[C@@H]2CC[C@H](C2)[C@H]1c1nc(-c2ccccc2)no1. The molecule has 1 saturated carbocycles. The highest BCUT2D eigenvalue weighted by Crippen LogP contribution is 2.52. The zero-order chi connectivity index (χ0) is 21.0. The van der Waals surface area contributed by atoms with E-state index in [0.29, 0.717) is 17.4 Å². The van der Waals surface area contributed by atoms with Gasteiger partial charge in [0.15, 0.2) is 0 Å².